The fourth-order valence-electron chi connectivity index (χ4n) is 3.28. The van der Waals surface area contributed by atoms with Crippen molar-refractivity contribution < 1.29 is 9.59 Å². The van der Waals surface area contributed by atoms with Crippen LogP contribution in [0.3, 0.4) is 0 Å². The number of rotatable bonds is 5. The zero-order valence-electron chi connectivity index (χ0n) is 15.7. The minimum absolute atomic E-state index is 0.189. The van der Waals surface area contributed by atoms with Crippen LogP contribution in [0.2, 0.25) is 0 Å². The maximum atomic E-state index is 12.5. The molecule has 1 N–H and O–H groups in total. The molecule has 2 aromatic rings. The van der Waals surface area contributed by atoms with Crippen molar-refractivity contribution in [1.29, 1.82) is 0 Å². The Hall–Kier alpha value is -2.96. The summed E-state index contributed by atoms with van der Waals surface area (Å²) >= 11 is 0. The number of benzene rings is 1. The third-order valence-corrected chi connectivity index (χ3v) is 4.78. The molecule has 1 fully saturated rings. The van der Waals surface area contributed by atoms with Gasteiger partial charge in [-0.2, -0.15) is 5.10 Å². The number of carbonyl (C=O) groups is 2. The zero-order valence-corrected chi connectivity index (χ0v) is 15.7. The number of anilines is 1. The van der Waals surface area contributed by atoms with Crippen LogP contribution in [0.1, 0.15) is 41.4 Å². The van der Waals surface area contributed by atoms with Crippen LogP contribution in [-0.2, 0) is 17.8 Å². The molecule has 1 aromatic heterocycles. The predicted molar refractivity (Wildman–Crippen MR) is 103 cm³/mol. The molecule has 0 unspecified atom stereocenters. The Morgan fingerprint density at radius 2 is 1.89 bits per heavy atom. The number of carbonyl (C=O) groups excluding carboxylic acids is 2. The van der Waals surface area contributed by atoms with Gasteiger partial charge in [0.1, 0.15) is 12.2 Å². The Bertz CT molecular complexity index is 914. The Labute approximate surface area is 158 Å². The molecule has 7 nitrogen and oxygen atoms in total. The van der Waals surface area contributed by atoms with E-state index < -0.39 is 5.56 Å². The van der Waals surface area contributed by atoms with Crippen molar-refractivity contribution in [3.05, 3.63) is 57.5 Å². The van der Waals surface area contributed by atoms with Gasteiger partial charge in [-0.05, 0) is 43.4 Å². The Morgan fingerprint density at radius 3 is 2.59 bits per heavy atom. The number of para-hydroxylation sites is 1. The summed E-state index contributed by atoms with van der Waals surface area (Å²) in [4.78, 5) is 38.8. The molecular formula is C20H24N4O3. The summed E-state index contributed by atoms with van der Waals surface area (Å²) in [5, 5.41) is 6.99. The normalized spacial score (nSPS) is 13.6. The van der Waals surface area contributed by atoms with Gasteiger partial charge in [0.25, 0.3) is 11.5 Å². The lowest BCUT2D eigenvalue weighted by molar-refractivity contribution is -0.117. The molecule has 0 atom stereocenters. The number of nitrogens with zero attached hydrogens (tertiary/aromatic N) is 3. The lowest BCUT2D eigenvalue weighted by Crippen LogP contribution is -2.34. The number of amides is 2. The van der Waals surface area contributed by atoms with E-state index in [1.165, 1.54) is 12.1 Å². The molecule has 3 rings (SSSR count). The van der Waals surface area contributed by atoms with Crippen LogP contribution in [0.25, 0.3) is 0 Å². The Morgan fingerprint density at radius 1 is 1.15 bits per heavy atom. The smallest absolute Gasteiger partial charge is 0.274 e. The van der Waals surface area contributed by atoms with Gasteiger partial charge < -0.3 is 10.2 Å². The van der Waals surface area contributed by atoms with Crippen LogP contribution >= 0.6 is 0 Å². The first kappa shape index (κ1) is 18.8. The van der Waals surface area contributed by atoms with Crippen molar-refractivity contribution in [3.63, 3.8) is 0 Å². The molecule has 0 saturated carbocycles. The van der Waals surface area contributed by atoms with Gasteiger partial charge in [0.15, 0.2) is 0 Å². The average Bonchev–Trinajstić information content (AvgIpc) is 3.19. The number of nitrogens with one attached hydrogen (secondary N) is 1. The van der Waals surface area contributed by atoms with Crippen LogP contribution in [0, 0.1) is 6.92 Å². The summed E-state index contributed by atoms with van der Waals surface area (Å²) in [5.41, 5.74) is 2.53. The highest BCUT2D eigenvalue weighted by molar-refractivity contribution is 5.93. The van der Waals surface area contributed by atoms with Crippen LogP contribution in [0.5, 0.6) is 0 Å². The number of likely N-dealkylation sites (tertiary alicyclic amines) is 1. The van der Waals surface area contributed by atoms with E-state index in [0.717, 1.165) is 40.8 Å². The molecule has 2 amide bonds. The Kier molecular flexibility index (Phi) is 5.69. The van der Waals surface area contributed by atoms with Gasteiger partial charge in [-0.3, -0.25) is 14.4 Å². The molecule has 2 heterocycles. The number of aromatic nitrogens is 2. The van der Waals surface area contributed by atoms with Crippen molar-refractivity contribution in [1.82, 2.24) is 14.7 Å². The molecule has 1 aromatic carbocycles. The maximum Gasteiger partial charge on any atom is 0.274 e. The van der Waals surface area contributed by atoms with E-state index in [0.29, 0.717) is 13.1 Å². The van der Waals surface area contributed by atoms with Gasteiger partial charge in [-0.1, -0.05) is 25.1 Å². The second kappa shape index (κ2) is 8.16. The van der Waals surface area contributed by atoms with Crippen LogP contribution in [0.15, 0.2) is 35.1 Å². The third kappa shape index (κ3) is 4.24. The van der Waals surface area contributed by atoms with E-state index in [2.05, 4.69) is 10.4 Å². The molecule has 7 heteroatoms. The van der Waals surface area contributed by atoms with Gasteiger partial charge in [-0.15, -0.1) is 0 Å². The average molecular weight is 368 g/mol. The first-order valence-electron chi connectivity index (χ1n) is 9.25. The zero-order chi connectivity index (χ0) is 19.4. The molecule has 0 radical (unpaired) electrons. The first-order chi connectivity index (χ1) is 13.0. The van der Waals surface area contributed by atoms with Crippen LogP contribution in [0.4, 0.5) is 5.69 Å². The van der Waals surface area contributed by atoms with Crippen molar-refractivity contribution in [2.75, 3.05) is 18.4 Å². The van der Waals surface area contributed by atoms with E-state index in [1.807, 2.05) is 32.0 Å². The quantitative estimate of drug-likeness (QED) is 0.875. The summed E-state index contributed by atoms with van der Waals surface area (Å²) < 4.78 is 1.04. The highest BCUT2D eigenvalue weighted by Gasteiger charge is 2.21. The molecule has 142 valence electrons. The monoisotopic (exact) mass is 368 g/mol. The van der Waals surface area contributed by atoms with Crippen molar-refractivity contribution in [3.8, 4) is 0 Å². The molecular weight excluding hydrogens is 344 g/mol. The standard InChI is InChI=1S/C20H24N4O3/c1-3-15-8-6-7-14(2)19(15)21-17(25)13-24-18(26)10-9-16(22-24)20(27)23-11-4-5-12-23/h6-10H,3-5,11-13H2,1-2H3,(H,21,25). The summed E-state index contributed by atoms with van der Waals surface area (Å²) in [6, 6.07) is 8.54. The summed E-state index contributed by atoms with van der Waals surface area (Å²) in [5.74, 6) is -0.548. The SMILES string of the molecule is CCc1cccc(C)c1NC(=O)Cn1nc(C(=O)N2CCCC2)ccc1=O. The second-order valence-electron chi connectivity index (χ2n) is 6.72. The van der Waals surface area contributed by atoms with E-state index in [1.54, 1.807) is 4.90 Å². The van der Waals surface area contributed by atoms with Crippen molar-refractivity contribution in [2.24, 2.45) is 0 Å². The maximum absolute atomic E-state index is 12.5. The van der Waals surface area contributed by atoms with E-state index in [-0.39, 0.29) is 24.1 Å². The fraction of sp³-hybridized carbons (Fsp3) is 0.400. The fourth-order valence-corrected chi connectivity index (χ4v) is 3.28. The van der Waals surface area contributed by atoms with E-state index in [9.17, 15) is 14.4 Å². The minimum Gasteiger partial charge on any atom is -0.337 e. The number of hydrogen-bond acceptors (Lipinski definition) is 4. The van der Waals surface area contributed by atoms with Crippen molar-refractivity contribution in [2.45, 2.75) is 39.7 Å². The van der Waals surface area contributed by atoms with Crippen molar-refractivity contribution >= 4 is 17.5 Å². The minimum atomic E-state index is -0.413. The van der Waals surface area contributed by atoms with E-state index in [4.69, 9.17) is 0 Å². The van der Waals surface area contributed by atoms with Gasteiger partial charge in [0.2, 0.25) is 5.91 Å². The molecule has 1 saturated heterocycles. The lowest BCUT2D eigenvalue weighted by atomic mass is 10.1. The van der Waals surface area contributed by atoms with Crippen LogP contribution in [-0.4, -0.2) is 39.6 Å². The Balaban J connectivity index is 1.77. The molecule has 0 bridgehead atoms. The van der Waals surface area contributed by atoms with E-state index >= 15 is 0 Å². The second-order valence-corrected chi connectivity index (χ2v) is 6.72. The van der Waals surface area contributed by atoms with Crippen LogP contribution < -0.4 is 10.9 Å². The molecule has 0 spiro atoms. The molecule has 0 aliphatic carbocycles. The summed E-state index contributed by atoms with van der Waals surface area (Å²) in [6.07, 6.45) is 2.74. The third-order valence-electron chi connectivity index (χ3n) is 4.78. The molecule has 27 heavy (non-hydrogen) atoms. The summed E-state index contributed by atoms with van der Waals surface area (Å²) in [6.45, 7) is 5.11. The molecule has 1 aliphatic rings. The van der Waals surface area contributed by atoms with Gasteiger partial charge >= 0.3 is 0 Å². The summed E-state index contributed by atoms with van der Waals surface area (Å²) in [7, 11) is 0. The number of hydrogen-bond donors (Lipinski definition) is 1. The lowest BCUT2D eigenvalue weighted by Gasteiger charge is -2.15. The predicted octanol–water partition coefficient (Wildman–Crippen LogP) is 1.99. The van der Waals surface area contributed by atoms with Gasteiger partial charge in [-0.25, -0.2) is 4.68 Å². The van der Waals surface area contributed by atoms with Gasteiger partial charge in [0.05, 0.1) is 0 Å². The number of aryl methyl sites for hydroxylation is 2. The highest BCUT2D eigenvalue weighted by atomic mass is 16.2. The largest absolute Gasteiger partial charge is 0.337 e. The highest BCUT2D eigenvalue weighted by Crippen LogP contribution is 2.21. The van der Waals surface area contributed by atoms with Gasteiger partial charge in [0, 0.05) is 24.8 Å². The first-order valence-corrected chi connectivity index (χ1v) is 9.25. The topological polar surface area (TPSA) is 84.3 Å². The molecule has 1 aliphatic heterocycles.